The first kappa shape index (κ1) is 14.7. The van der Waals surface area contributed by atoms with E-state index in [4.69, 9.17) is 9.40 Å². The van der Waals surface area contributed by atoms with Gasteiger partial charge in [0.2, 0.25) is 11.8 Å². The number of furan rings is 1. The highest BCUT2D eigenvalue weighted by Gasteiger charge is 2.17. The van der Waals surface area contributed by atoms with Gasteiger partial charge in [0.05, 0.1) is 6.26 Å². The van der Waals surface area contributed by atoms with Crippen LogP contribution >= 0.6 is 0 Å². The first-order valence-electron chi connectivity index (χ1n) is 7.97. The van der Waals surface area contributed by atoms with E-state index in [9.17, 15) is 0 Å². The minimum atomic E-state index is 0.543. The number of hydrogen-bond donors (Lipinski definition) is 2. The molecule has 1 aliphatic heterocycles. The third-order valence-corrected chi connectivity index (χ3v) is 3.90. The van der Waals surface area contributed by atoms with Gasteiger partial charge in [-0.15, -0.1) is 11.7 Å². The molecule has 3 aromatic heterocycles. The van der Waals surface area contributed by atoms with Crippen LogP contribution < -0.4 is 15.5 Å². The first-order chi connectivity index (χ1) is 11.8. The summed E-state index contributed by atoms with van der Waals surface area (Å²) in [5.41, 5.74) is 0.733. The summed E-state index contributed by atoms with van der Waals surface area (Å²) in [6.45, 7) is 8.09. The van der Waals surface area contributed by atoms with Crippen LogP contribution in [0, 0.1) is 0 Å². The van der Waals surface area contributed by atoms with Crippen molar-refractivity contribution in [3.05, 3.63) is 37.1 Å². The maximum Gasteiger partial charge on any atom is 0.228 e. The molecule has 3 aromatic rings. The lowest BCUT2D eigenvalue weighted by Gasteiger charge is -2.28. The molecule has 0 amide bonds. The zero-order valence-corrected chi connectivity index (χ0v) is 13.3. The van der Waals surface area contributed by atoms with Crippen LogP contribution in [0.4, 0.5) is 11.8 Å². The number of nitrogens with zero attached hydrogens (tertiary/aromatic N) is 5. The summed E-state index contributed by atoms with van der Waals surface area (Å²) in [5.74, 6) is 2.72. The molecule has 2 N–H and O–H groups in total. The SMILES string of the molecule is C=CCNc1nc(N2CCNCC2)cc2nc(-c3ccco3)nn12. The van der Waals surface area contributed by atoms with Crippen LogP contribution in [-0.4, -0.2) is 52.3 Å². The van der Waals surface area contributed by atoms with Crippen molar-refractivity contribution in [2.24, 2.45) is 0 Å². The molecule has 0 unspecified atom stereocenters. The Bertz CT molecular complexity index is 834. The molecule has 124 valence electrons. The fourth-order valence-electron chi connectivity index (χ4n) is 2.72. The molecule has 24 heavy (non-hydrogen) atoms. The highest BCUT2D eigenvalue weighted by molar-refractivity contribution is 5.60. The van der Waals surface area contributed by atoms with Crippen molar-refractivity contribution in [3.63, 3.8) is 0 Å². The molecule has 0 radical (unpaired) electrons. The van der Waals surface area contributed by atoms with Crippen LogP contribution in [0.3, 0.4) is 0 Å². The second kappa shape index (κ2) is 6.32. The number of piperazine rings is 1. The average molecular weight is 325 g/mol. The molecule has 1 fully saturated rings. The average Bonchev–Trinajstić information content (AvgIpc) is 3.29. The van der Waals surface area contributed by atoms with Crippen LogP contribution in [0.5, 0.6) is 0 Å². The number of nitrogens with one attached hydrogen (secondary N) is 2. The Morgan fingerprint density at radius 1 is 1.33 bits per heavy atom. The molecule has 0 saturated carbocycles. The number of hydrogen-bond acceptors (Lipinski definition) is 7. The summed E-state index contributed by atoms with van der Waals surface area (Å²) in [7, 11) is 0. The second-order valence-corrected chi connectivity index (χ2v) is 5.53. The molecule has 0 atom stereocenters. The summed E-state index contributed by atoms with van der Waals surface area (Å²) in [5, 5.41) is 11.1. The third kappa shape index (κ3) is 2.71. The quantitative estimate of drug-likeness (QED) is 0.686. The zero-order chi connectivity index (χ0) is 16.4. The van der Waals surface area contributed by atoms with Crippen LogP contribution in [-0.2, 0) is 0 Å². The minimum absolute atomic E-state index is 0.543. The van der Waals surface area contributed by atoms with E-state index in [1.807, 2.05) is 18.2 Å². The molecule has 8 heteroatoms. The van der Waals surface area contributed by atoms with Gasteiger partial charge >= 0.3 is 0 Å². The van der Waals surface area contributed by atoms with Gasteiger partial charge in [0.1, 0.15) is 5.82 Å². The standard InChI is InChI=1S/C16H19N7O/c1-2-5-18-16-20-13(22-8-6-17-7-9-22)11-14-19-15(21-23(14)16)12-4-3-10-24-12/h2-4,10-11,17H,1,5-9H2,(H,18,20). The molecule has 0 bridgehead atoms. The Morgan fingerprint density at radius 2 is 2.21 bits per heavy atom. The Labute approximate surface area is 139 Å². The van der Waals surface area contributed by atoms with Gasteiger partial charge in [-0.1, -0.05) is 6.08 Å². The van der Waals surface area contributed by atoms with Crippen molar-refractivity contribution >= 4 is 17.4 Å². The largest absolute Gasteiger partial charge is 0.461 e. The third-order valence-electron chi connectivity index (χ3n) is 3.90. The van der Waals surface area contributed by atoms with Gasteiger partial charge in [-0.2, -0.15) is 9.50 Å². The second-order valence-electron chi connectivity index (χ2n) is 5.53. The Kier molecular flexibility index (Phi) is 3.87. The Morgan fingerprint density at radius 3 is 2.96 bits per heavy atom. The van der Waals surface area contributed by atoms with Gasteiger partial charge in [-0.3, -0.25) is 0 Å². The van der Waals surface area contributed by atoms with Gasteiger partial charge in [0.25, 0.3) is 0 Å². The van der Waals surface area contributed by atoms with E-state index in [1.165, 1.54) is 0 Å². The molecule has 0 aromatic carbocycles. The maximum atomic E-state index is 5.40. The summed E-state index contributed by atoms with van der Waals surface area (Å²) in [6.07, 6.45) is 3.40. The molecule has 1 saturated heterocycles. The van der Waals surface area contributed by atoms with E-state index < -0.39 is 0 Å². The number of fused-ring (bicyclic) bond motifs is 1. The van der Waals surface area contributed by atoms with Crippen LogP contribution in [0.15, 0.2) is 41.5 Å². The van der Waals surface area contributed by atoms with Gasteiger partial charge in [-0.25, -0.2) is 4.98 Å². The molecule has 0 aliphatic carbocycles. The molecular formula is C16H19N7O. The fraction of sp³-hybridized carbons (Fsp3) is 0.312. The van der Waals surface area contributed by atoms with E-state index in [0.717, 1.165) is 37.6 Å². The molecular weight excluding hydrogens is 306 g/mol. The lowest BCUT2D eigenvalue weighted by molar-refractivity contribution is 0.577. The molecule has 1 aliphatic rings. The topological polar surface area (TPSA) is 83.5 Å². The van der Waals surface area contributed by atoms with Crippen molar-refractivity contribution in [2.75, 3.05) is 42.9 Å². The fourth-order valence-corrected chi connectivity index (χ4v) is 2.72. The number of anilines is 2. The highest BCUT2D eigenvalue weighted by Crippen LogP contribution is 2.22. The van der Waals surface area contributed by atoms with Gasteiger partial charge in [-0.05, 0) is 12.1 Å². The lowest BCUT2D eigenvalue weighted by atomic mass is 10.3. The van der Waals surface area contributed by atoms with Gasteiger partial charge in [0.15, 0.2) is 11.4 Å². The van der Waals surface area contributed by atoms with Crippen molar-refractivity contribution < 1.29 is 4.42 Å². The van der Waals surface area contributed by atoms with Crippen molar-refractivity contribution in [3.8, 4) is 11.6 Å². The summed E-state index contributed by atoms with van der Waals surface area (Å²) < 4.78 is 7.10. The smallest absolute Gasteiger partial charge is 0.228 e. The first-order valence-corrected chi connectivity index (χ1v) is 7.97. The number of rotatable bonds is 5. The molecule has 4 heterocycles. The highest BCUT2D eigenvalue weighted by atomic mass is 16.3. The van der Waals surface area contributed by atoms with Crippen molar-refractivity contribution in [1.29, 1.82) is 0 Å². The monoisotopic (exact) mass is 325 g/mol. The van der Waals surface area contributed by atoms with Gasteiger partial charge < -0.3 is 20.0 Å². The molecule has 0 spiro atoms. The summed E-state index contributed by atoms with van der Waals surface area (Å²) in [4.78, 5) is 11.6. The minimum Gasteiger partial charge on any atom is -0.461 e. The lowest BCUT2D eigenvalue weighted by Crippen LogP contribution is -2.44. The zero-order valence-electron chi connectivity index (χ0n) is 13.3. The summed E-state index contributed by atoms with van der Waals surface area (Å²) >= 11 is 0. The van der Waals surface area contributed by atoms with E-state index in [-0.39, 0.29) is 0 Å². The predicted molar refractivity (Wildman–Crippen MR) is 92.3 cm³/mol. The van der Waals surface area contributed by atoms with E-state index >= 15 is 0 Å². The van der Waals surface area contributed by atoms with E-state index in [1.54, 1.807) is 16.9 Å². The van der Waals surface area contributed by atoms with Crippen LogP contribution in [0.2, 0.25) is 0 Å². The van der Waals surface area contributed by atoms with Crippen LogP contribution in [0.25, 0.3) is 17.2 Å². The van der Waals surface area contributed by atoms with Gasteiger partial charge in [0, 0.05) is 38.8 Å². The maximum absolute atomic E-state index is 5.40. The van der Waals surface area contributed by atoms with Crippen LogP contribution in [0.1, 0.15) is 0 Å². The normalized spacial score (nSPS) is 14.9. The number of aromatic nitrogens is 4. The van der Waals surface area contributed by atoms with Crippen molar-refractivity contribution in [1.82, 2.24) is 24.9 Å². The Balaban J connectivity index is 1.79. The van der Waals surface area contributed by atoms with Crippen molar-refractivity contribution in [2.45, 2.75) is 0 Å². The van der Waals surface area contributed by atoms with E-state index in [0.29, 0.717) is 24.1 Å². The summed E-state index contributed by atoms with van der Waals surface area (Å²) in [6, 6.07) is 5.63. The molecule has 8 nitrogen and oxygen atoms in total. The Hall–Kier alpha value is -2.87. The predicted octanol–water partition coefficient (Wildman–Crippen LogP) is 1.39. The van der Waals surface area contributed by atoms with E-state index in [2.05, 4.69) is 32.2 Å². The molecule has 4 rings (SSSR count).